The Kier molecular flexibility index (Phi) is 4.22. The fourth-order valence-electron chi connectivity index (χ4n) is 1.36. The topological polar surface area (TPSA) is 52.8 Å². The van der Waals surface area contributed by atoms with E-state index in [1.54, 1.807) is 18.5 Å². The lowest BCUT2D eigenvalue weighted by atomic mass is 10.2. The monoisotopic (exact) mass is 214 g/mol. The molecule has 0 spiro atoms. The molecule has 16 heavy (non-hydrogen) atoms. The normalized spacial score (nSPS) is 8.88. The zero-order valence-electron chi connectivity index (χ0n) is 9.68. The highest BCUT2D eigenvalue weighted by Crippen LogP contribution is 2.21. The molecule has 2 rings (SSSR count). The van der Waals surface area contributed by atoms with Gasteiger partial charge in [-0.1, -0.05) is 0 Å². The molecule has 0 fully saturated rings. The zero-order valence-corrected chi connectivity index (χ0v) is 9.68. The Labute approximate surface area is 95.2 Å². The summed E-state index contributed by atoms with van der Waals surface area (Å²) >= 11 is 0. The molecular formula is C12H14N4. The van der Waals surface area contributed by atoms with E-state index in [1.807, 2.05) is 32.3 Å². The van der Waals surface area contributed by atoms with Gasteiger partial charge in [0.25, 0.3) is 0 Å². The second-order valence-corrected chi connectivity index (χ2v) is 3.32. The molecule has 82 valence electrons. The number of aromatic nitrogens is 2. The molecule has 0 bridgehead atoms. The lowest BCUT2D eigenvalue weighted by Gasteiger charge is -2.13. The maximum Gasteiger partial charge on any atom is 0.161 e. The van der Waals surface area contributed by atoms with Crippen LogP contribution in [0, 0.1) is 11.3 Å². The molecule has 0 aliphatic rings. The summed E-state index contributed by atoms with van der Waals surface area (Å²) in [5, 5.41) is 8.41. The van der Waals surface area contributed by atoms with Crippen LogP contribution < -0.4 is 4.90 Å². The first-order chi connectivity index (χ1) is 7.70. The van der Waals surface area contributed by atoms with Crippen LogP contribution in [-0.2, 0) is 0 Å². The Hall–Kier alpha value is -2.15. The summed E-state index contributed by atoms with van der Waals surface area (Å²) in [5.41, 5.74) is 1.95. The van der Waals surface area contributed by atoms with Crippen LogP contribution >= 0.6 is 0 Å². The largest absolute Gasteiger partial charge is 0.377 e. The lowest BCUT2D eigenvalue weighted by molar-refractivity contribution is 1.13. The van der Waals surface area contributed by atoms with Gasteiger partial charge in [-0.15, -0.1) is 0 Å². The summed E-state index contributed by atoms with van der Waals surface area (Å²) in [7, 11) is 4.03. The maximum absolute atomic E-state index is 7.32. The highest BCUT2D eigenvalue weighted by Gasteiger charge is 2.02. The highest BCUT2D eigenvalue weighted by atomic mass is 15.1. The van der Waals surface area contributed by atoms with E-state index < -0.39 is 0 Å². The Bertz CT molecular complexity index is 494. The summed E-state index contributed by atoms with van der Waals surface area (Å²) in [6.45, 7) is 1.43. The van der Waals surface area contributed by atoms with Gasteiger partial charge in [-0.3, -0.25) is 0 Å². The van der Waals surface area contributed by atoms with E-state index in [0.717, 1.165) is 16.7 Å². The third-order valence-corrected chi connectivity index (χ3v) is 1.97. The summed E-state index contributed by atoms with van der Waals surface area (Å²) in [6.07, 6.45) is 3.54. The van der Waals surface area contributed by atoms with Crippen molar-refractivity contribution in [3.05, 3.63) is 30.6 Å². The van der Waals surface area contributed by atoms with Crippen LogP contribution in [0.3, 0.4) is 0 Å². The van der Waals surface area contributed by atoms with E-state index in [1.165, 1.54) is 6.92 Å². The third kappa shape index (κ3) is 2.67. The van der Waals surface area contributed by atoms with Gasteiger partial charge in [0.2, 0.25) is 0 Å². The van der Waals surface area contributed by atoms with E-state index >= 15 is 0 Å². The Morgan fingerprint density at radius 1 is 1.19 bits per heavy atom. The van der Waals surface area contributed by atoms with E-state index in [4.69, 9.17) is 5.26 Å². The summed E-state index contributed by atoms with van der Waals surface area (Å²) in [4.78, 5) is 10.4. The van der Waals surface area contributed by atoms with E-state index in [-0.39, 0.29) is 0 Å². The molecule has 0 aliphatic heterocycles. The predicted octanol–water partition coefficient (Wildman–Crippen LogP) is 2.23. The average Bonchev–Trinajstić information content (AvgIpc) is 2.29. The van der Waals surface area contributed by atoms with Crippen molar-refractivity contribution in [2.24, 2.45) is 0 Å². The van der Waals surface area contributed by atoms with Crippen LogP contribution in [0.25, 0.3) is 11.0 Å². The fourth-order valence-corrected chi connectivity index (χ4v) is 1.36. The van der Waals surface area contributed by atoms with Crippen molar-refractivity contribution in [2.75, 3.05) is 19.0 Å². The number of anilines is 1. The first kappa shape index (κ1) is 11.9. The Morgan fingerprint density at radius 2 is 1.81 bits per heavy atom. The van der Waals surface area contributed by atoms with E-state index in [9.17, 15) is 0 Å². The van der Waals surface area contributed by atoms with Gasteiger partial charge < -0.3 is 4.90 Å². The first-order valence-corrected chi connectivity index (χ1v) is 4.88. The van der Waals surface area contributed by atoms with Crippen LogP contribution in [-0.4, -0.2) is 24.1 Å². The van der Waals surface area contributed by atoms with Crippen molar-refractivity contribution >= 4 is 16.7 Å². The minimum Gasteiger partial charge on any atom is -0.377 e. The predicted molar refractivity (Wildman–Crippen MR) is 65.2 cm³/mol. The summed E-state index contributed by atoms with van der Waals surface area (Å²) in [6, 6.07) is 7.70. The molecule has 0 radical (unpaired) electrons. The third-order valence-electron chi connectivity index (χ3n) is 1.97. The number of fused-ring (bicyclic) bond motifs is 1. The average molecular weight is 214 g/mol. The van der Waals surface area contributed by atoms with Crippen molar-refractivity contribution < 1.29 is 0 Å². The van der Waals surface area contributed by atoms with Gasteiger partial charge in [-0.25, -0.2) is 9.97 Å². The van der Waals surface area contributed by atoms with Crippen molar-refractivity contribution in [1.82, 2.24) is 9.97 Å². The fraction of sp³-hybridized carbons (Fsp3) is 0.250. The molecule has 0 N–H and O–H groups in total. The molecule has 0 atom stereocenters. The van der Waals surface area contributed by atoms with Crippen LogP contribution in [0.2, 0.25) is 0 Å². The smallest absolute Gasteiger partial charge is 0.161 e. The minimum absolute atomic E-state index is 0.800. The van der Waals surface area contributed by atoms with Crippen LogP contribution in [0.15, 0.2) is 30.6 Å². The number of hydrogen-bond donors (Lipinski definition) is 0. The number of nitrogens with zero attached hydrogens (tertiary/aromatic N) is 4. The molecular weight excluding hydrogens is 200 g/mol. The standard InChI is InChI=1S/C10H11N3.C2H3N/c1-13(2)9-5-7-12-10-8(9)4-3-6-11-10;1-2-3/h3-7H,1-2H3;1H3. The first-order valence-electron chi connectivity index (χ1n) is 4.88. The molecule has 2 aromatic heterocycles. The molecule has 4 nitrogen and oxygen atoms in total. The molecule has 2 heterocycles. The Morgan fingerprint density at radius 3 is 2.44 bits per heavy atom. The van der Waals surface area contributed by atoms with Gasteiger partial charge in [0.1, 0.15) is 0 Å². The Balaban J connectivity index is 0.000000386. The minimum atomic E-state index is 0.800. The van der Waals surface area contributed by atoms with Gasteiger partial charge in [-0.05, 0) is 18.2 Å². The number of pyridine rings is 2. The molecule has 0 unspecified atom stereocenters. The van der Waals surface area contributed by atoms with Gasteiger partial charge >= 0.3 is 0 Å². The molecule has 0 saturated heterocycles. The van der Waals surface area contributed by atoms with Gasteiger partial charge in [0.15, 0.2) is 5.65 Å². The molecule has 0 saturated carbocycles. The van der Waals surface area contributed by atoms with Crippen LogP contribution in [0.5, 0.6) is 0 Å². The summed E-state index contributed by atoms with van der Waals surface area (Å²) in [5.74, 6) is 0. The molecule has 0 aromatic carbocycles. The quantitative estimate of drug-likeness (QED) is 0.730. The zero-order chi connectivity index (χ0) is 12.0. The van der Waals surface area contributed by atoms with Crippen molar-refractivity contribution in [3.8, 4) is 6.07 Å². The van der Waals surface area contributed by atoms with Gasteiger partial charge in [-0.2, -0.15) is 5.26 Å². The maximum atomic E-state index is 7.32. The molecule has 0 amide bonds. The highest BCUT2D eigenvalue weighted by molar-refractivity contribution is 5.88. The van der Waals surface area contributed by atoms with Gasteiger partial charge in [0.05, 0.1) is 6.07 Å². The van der Waals surface area contributed by atoms with Crippen molar-refractivity contribution in [1.29, 1.82) is 5.26 Å². The lowest BCUT2D eigenvalue weighted by Crippen LogP contribution is -2.09. The van der Waals surface area contributed by atoms with E-state index in [2.05, 4.69) is 14.9 Å². The van der Waals surface area contributed by atoms with Crippen molar-refractivity contribution in [3.63, 3.8) is 0 Å². The van der Waals surface area contributed by atoms with Crippen molar-refractivity contribution in [2.45, 2.75) is 6.92 Å². The number of rotatable bonds is 1. The second kappa shape index (κ2) is 5.66. The molecule has 4 heteroatoms. The van der Waals surface area contributed by atoms with Crippen LogP contribution in [0.4, 0.5) is 5.69 Å². The van der Waals surface area contributed by atoms with Gasteiger partial charge in [0, 0.05) is 44.5 Å². The second-order valence-electron chi connectivity index (χ2n) is 3.32. The number of hydrogen-bond acceptors (Lipinski definition) is 4. The van der Waals surface area contributed by atoms with E-state index in [0.29, 0.717) is 0 Å². The molecule has 0 aliphatic carbocycles. The summed E-state index contributed by atoms with van der Waals surface area (Å²) < 4.78 is 0. The SMILES string of the molecule is CC#N.CN(C)c1ccnc2ncccc12. The molecule has 2 aromatic rings. The number of nitriles is 1. The van der Waals surface area contributed by atoms with Crippen LogP contribution in [0.1, 0.15) is 6.92 Å².